The average molecular weight is 288 g/mol. The monoisotopic (exact) mass is 288 g/mol. The van der Waals surface area contributed by atoms with E-state index in [1.165, 1.54) is 7.11 Å². The fourth-order valence-corrected chi connectivity index (χ4v) is 1.95. The van der Waals surface area contributed by atoms with Gasteiger partial charge < -0.3 is 9.15 Å². The largest absolute Gasteiger partial charge is 0.468 e. The number of rotatable bonds is 6. The topological polar surface area (TPSA) is 55.6 Å². The van der Waals surface area contributed by atoms with Gasteiger partial charge in [0.05, 0.1) is 19.3 Å². The second-order valence-corrected chi connectivity index (χ2v) is 5.08. The molecule has 112 valence electrons. The van der Waals surface area contributed by atoms with E-state index in [1.54, 1.807) is 6.26 Å². The molecule has 2 aromatic rings. The highest BCUT2D eigenvalue weighted by Gasteiger charge is 2.17. The van der Waals surface area contributed by atoms with Gasteiger partial charge in [-0.1, -0.05) is 18.2 Å². The Bertz CT molecular complexity index is 578. The van der Waals surface area contributed by atoms with Crippen LogP contribution in [0.1, 0.15) is 19.5 Å². The Labute approximate surface area is 124 Å². The van der Waals surface area contributed by atoms with Crippen LogP contribution in [0.3, 0.4) is 0 Å². The van der Waals surface area contributed by atoms with Crippen LogP contribution in [0.4, 0.5) is 0 Å². The van der Waals surface area contributed by atoms with E-state index >= 15 is 0 Å². The molecular weight excluding hydrogens is 268 g/mol. The molecule has 0 spiro atoms. The van der Waals surface area contributed by atoms with Crippen molar-refractivity contribution in [1.82, 2.24) is 9.88 Å². The Morgan fingerprint density at radius 3 is 2.67 bits per heavy atom. The molecule has 0 saturated carbocycles. The summed E-state index contributed by atoms with van der Waals surface area (Å²) in [6.45, 7) is 4.84. The molecule has 1 heterocycles. The van der Waals surface area contributed by atoms with Gasteiger partial charge in [0.25, 0.3) is 0 Å². The SMILES string of the molecule is COC(=O)CN(Cc1coc(-c2ccccc2)n1)C(C)C. The number of esters is 1. The fraction of sp³-hybridized carbons (Fsp3) is 0.375. The van der Waals surface area contributed by atoms with Crippen molar-refractivity contribution in [1.29, 1.82) is 0 Å². The maximum absolute atomic E-state index is 11.4. The van der Waals surface area contributed by atoms with Crippen molar-refractivity contribution in [2.75, 3.05) is 13.7 Å². The first kappa shape index (κ1) is 15.3. The Morgan fingerprint density at radius 2 is 2.05 bits per heavy atom. The van der Waals surface area contributed by atoms with Crippen LogP contribution in [0.5, 0.6) is 0 Å². The van der Waals surface area contributed by atoms with Crippen LogP contribution >= 0.6 is 0 Å². The third-order valence-electron chi connectivity index (χ3n) is 3.23. The summed E-state index contributed by atoms with van der Waals surface area (Å²) in [6, 6.07) is 9.94. The highest BCUT2D eigenvalue weighted by atomic mass is 16.5. The van der Waals surface area contributed by atoms with Crippen LogP contribution in [0, 0.1) is 0 Å². The quantitative estimate of drug-likeness (QED) is 0.765. The molecule has 1 aromatic carbocycles. The van der Waals surface area contributed by atoms with Gasteiger partial charge in [0, 0.05) is 18.2 Å². The van der Waals surface area contributed by atoms with Gasteiger partial charge in [-0.25, -0.2) is 4.98 Å². The third-order valence-corrected chi connectivity index (χ3v) is 3.23. The third kappa shape index (κ3) is 4.16. The summed E-state index contributed by atoms with van der Waals surface area (Å²) in [4.78, 5) is 17.9. The lowest BCUT2D eigenvalue weighted by Crippen LogP contribution is -2.35. The number of hydrogen-bond donors (Lipinski definition) is 0. The second kappa shape index (κ2) is 7.04. The van der Waals surface area contributed by atoms with E-state index in [0.29, 0.717) is 12.4 Å². The van der Waals surface area contributed by atoms with Crippen molar-refractivity contribution in [3.05, 3.63) is 42.3 Å². The van der Waals surface area contributed by atoms with Crippen molar-refractivity contribution in [2.24, 2.45) is 0 Å². The number of methoxy groups -OCH3 is 1. The Morgan fingerprint density at radius 1 is 1.33 bits per heavy atom. The van der Waals surface area contributed by atoms with E-state index in [0.717, 1.165) is 11.3 Å². The maximum atomic E-state index is 11.4. The Kier molecular flexibility index (Phi) is 5.11. The number of benzene rings is 1. The standard InChI is InChI=1S/C16H20N2O3/c1-12(2)18(10-15(19)20-3)9-14-11-21-16(17-14)13-7-5-4-6-8-13/h4-8,11-12H,9-10H2,1-3H3. The van der Waals surface area contributed by atoms with E-state index in [9.17, 15) is 4.79 Å². The Hall–Kier alpha value is -2.14. The van der Waals surface area contributed by atoms with Gasteiger partial charge in [-0.3, -0.25) is 9.69 Å². The summed E-state index contributed by atoms with van der Waals surface area (Å²) < 4.78 is 10.2. The van der Waals surface area contributed by atoms with Gasteiger partial charge in [-0.15, -0.1) is 0 Å². The molecular formula is C16H20N2O3. The summed E-state index contributed by atoms with van der Waals surface area (Å²) in [5.41, 5.74) is 1.74. The molecule has 0 saturated heterocycles. The molecule has 0 unspecified atom stereocenters. The number of carbonyl (C=O) groups excluding carboxylic acids is 1. The van der Waals surface area contributed by atoms with Gasteiger partial charge in [0.2, 0.25) is 5.89 Å². The van der Waals surface area contributed by atoms with Crippen LogP contribution < -0.4 is 0 Å². The lowest BCUT2D eigenvalue weighted by Gasteiger charge is -2.23. The van der Waals surface area contributed by atoms with Gasteiger partial charge in [0.15, 0.2) is 0 Å². The van der Waals surface area contributed by atoms with Crippen LogP contribution in [0.25, 0.3) is 11.5 Å². The van der Waals surface area contributed by atoms with E-state index in [4.69, 9.17) is 9.15 Å². The van der Waals surface area contributed by atoms with Crippen LogP contribution in [0.2, 0.25) is 0 Å². The van der Waals surface area contributed by atoms with E-state index < -0.39 is 0 Å². The van der Waals surface area contributed by atoms with Crippen molar-refractivity contribution >= 4 is 5.97 Å². The molecule has 21 heavy (non-hydrogen) atoms. The van der Waals surface area contributed by atoms with Crippen molar-refractivity contribution in [3.8, 4) is 11.5 Å². The zero-order valence-electron chi connectivity index (χ0n) is 12.6. The minimum atomic E-state index is -0.254. The first-order valence-electron chi connectivity index (χ1n) is 6.91. The van der Waals surface area contributed by atoms with Crippen LogP contribution in [-0.2, 0) is 16.1 Å². The highest BCUT2D eigenvalue weighted by Crippen LogP contribution is 2.19. The van der Waals surface area contributed by atoms with Crippen LogP contribution in [-0.4, -0.2) is 35.5 Å². The van der Waals surface area contributed by atoms with Crippen molar-refractivity contribution in [2.45, 2.75) is 26.4 Å². The smallest absolute Gasteiger partial charge is 0.319 e. The molecule has 5 nitrogen and oxygen atoms in total. The summed E-state index contributed by atoms with van der Waals surface area (Å²) >= 11 is 0. The second-order valence-electron chi connectivity index (χ2n) is 5.08. The lowest BCUT2D eigenvalue weighted by molar-refractivity contribution is -0.142. The molecule has 0 atom stereocenters. The van der Waals surface area contributed by atoms with Crippen LogP contribution in [0.15, 0.2) is 41.0 Å². The molecule has 0 aliphatic carbocycles. The van der Waals surface area contributed by atoms with E-state index in [2.05, 4.69) is 4.98 Å². The predicted molar refractivity (Wildman–Crippen MR) is 79.5 cm³/mol. The Balaban J connectivity index is 2.08. The molecule has 2 rings (SSSR count). The summed E-state index contributed by atoms with van der Waals surface area (Å²) in [6.07, 6.45) is 1.63. The van der Waals surface area contributed by atoms with Gasteiger partial charge in [-0.05, 0) is 26.0 Å². The molecule has 0 fully saturated rings. The first-order valence-corrected chi connectivity index (χ1v) is 6.91. The zero-order valence-corrected chi connectivity index (χ0v) is 12.6. The molecule has 0 radical (unpaired) electrons. The number of hydrogen-bond acceptors (Lipinski definition) is 5. The average Bonchev–Trinajstić information content (AvgIpc) is 2.95. The maximum Gasteiger partial charge on any atom is 0.319 e. The molecule has 5 heteroatoms. The predicted octanol–water partition coefficient (Wildman–Crippen LogP) is 2.73. The molecule has 0 N–H and O–H groups in total. The molecule has 0 aliphatic rings. The highest BCUT2D eigenvalue weighted by molar-refractivity contribution is 5.71. The fourth-order valence-electron chi connectivity index (χ4n) is 1.95. The van der Waals surface area contributed by atoms with Gasteiger partial charge >= 0.3 is 5.97 Å². The summed E-state index contributed by atoms with van der Waals surface area (Å²) in [5.74, 6) is 0.336. The van der Waals surface area contributed by atoms with Crippen molar-refractivity contribution < 1.29 is 13.9 Å². The number of nitrogens with zero attached hydrogens (tertiary/aromatic N) is 2. The van der Waals surface area contributed by atoms with E-state index in [-0.39, 0.29) is 18.6 Å². The molecule has 0 bridgehead atoms. The number of aromatic nitrogens is 1. The molecule has 0 amide bonds. The first-order chi connectivity index (χ1) is 10.1. The van der Waals surface area contributed by atoms with Gasteiger partial charge in [0.1, 0.15) is 6.26 Å². The molecule has 0 aliphatic heterocycles. The number of carbonyl (C=O) groups is 1. The normalized spacial score (nSPS) is 11.1. The minimum absolute atomic E-state index is 0.209. The van der Waals surface area contributed by atoms with E-state index in [1.807, 2.05) is 49.1 Å². The van der Waals surface area contributed by atoms with Gasteiger partial charge in [-0.2, -0.15) is 0 Å². The lowest BCUT2D eigenvalue weighted by atomic mass is 10.2. The minimum Gasteiger partial charge on any atom is -0.468 e. The summed E-state index contributed by atoms with van der Waals surface area (Å²) in [7, 11) is 1.39. The number of ether oxygens (including phenoxy) is 1. The zero-order chi connectivity index (χ0) is 15.2. The molecule has 1 aromatic heterocycles. The van der Waals surface area contributed by atoms with Crippen molar-refractivity contribution in [3.63, 3.8) is 0 Å². The summed E-state index contributed by atoms with van der Waals surface area (Å²) in [5, 5.41) is 0. The number of oxazole rings is 1.